The van der Waals surface area contributed by atoms with Crippen LogP contribution in [-0.2, 0) is 20.5 Å². The molecular weight excluding hydrogens is 408 g/mol. The number of carbonyl (C=O) groups is 1. The molecule has 12 heteroatoms. The van der Waals surface area contributed by atoms with Gasteiger partial charge in [0.2, 0.25) is 27.7 Å². The lowest BCUT2D eigenvalue weighted by molar-refractivity contribution is 0.0600. The van der Waals surface area contributed by atoms with Crippen molar-refractivity contribution in [3.8, 4) is 11.8 Å². The van der Waals surface area contributed by atoms with Crippen LogP contribution >= 0.6 is 12.2 Å². The highest BCUT2D eigenvalue weighted by Gasteiger charge is 2.19. The largest absolute Gasteiger partial charge is 0.481 e. The molecular formula is C16H18N4O6S2. The molecule has 150 valence electrons. The third kappa shape index (κ3) is 5.76. The van der Waals surface area contributed by atoms with Gasteiger partial charge in [-0.2, -0.15) is 9.97 Å². The number of esters is 1. The topological polar surface area (TPSA) is 129 Å². The molecule has 0 saturated carbocycles. The van der Waals surface area contributed by atoms with Gasteiger partial charge in [0.25, 0.3) is 0 Å². The first-order valence-electron chi connectivity index (χ1n) is 7.72. The van der Waals surface area contributed by atoms with Gasteiger partial charge in [0, 0.05) is 0 Å². The Morgan fingerprint density at radius 3 is 2.29 bits per heavy atom. The van der Waals surface area contributed by atoms with Crippen molar-refractivity contribution in [1.29, 1.82) is 0 Å². The fourth-order valence-electron chi connectivity index (χ4n) is 2.13. The summed E-state index contributed by atoms with van der Waals surface area (Å²) in [5.74, 6) is -0.733. The monoisotopic (exact) mass is 426 g/mol. The van der Waals surface area contributed by atoms with Crippen LogP contribution in [0.2, 0.25) is 0 Å². The van der Waals surface area contributed by atoms with Crippen molar-refractivity contribution in [2.75, 3.05) is 26.6 Å². The summed E-state index contributed by atoms with van der Waals surface area (Å²) in [5.41, 5.74) is 0.416. The molecule has 0 bridgehead atoms. The summed E-state index contributed by atoms with van der Waals surface area (Å²) in [6, 6.07) is 7.66. The van der Waals surface area contributed by atoms with Crippen molar-refractivity contribution >= 4 is 39.3 Å². The second-order valence-corrected chi connectivity index (χ2v) is 7.37. The van der Waals surface area contributed by atoms with Crippen LogP contribution in [0.15, 0.2) is 30.3 Å². The summed E-state index contributed by atoms with van der Waals surface area (Å²) in [6.07, 6.45) is 0. The predicted molar refractivity (Wildman–Crippen MR) is 105 cm³/mol. The van der Waals surface area contributed by atoms with Crippen molar-refractivity contribution < 1.29 is 27.4 Å². The lowest BCUT2D eigenvalue weighted by Crippen LogP contribution is -2.35. The van der Waals surface area contributed by atoms with Crippen LogP contribution in [0.1, 0.15) is 15.9 Å². The third-order valence-corrected chi connectivity index (χ3v) is 4.88. The molecule has 0 spiro atoms. The van der Waals surface area contributed by atoms with Gasteiger partial charge in [0.1, 0.15) is 0 Å². The van der Waals surface area contributed by atoms with Crippen molar-refractivity contribution in [1.82, 2.24) is 14.7 Å². The summed E-state index contributed by atoms with van der Waals surface area (Å²) in [7, 11) is 0.103. The fourth-order valence-corrected chi connectivity index (χ4v) is 3.67. The number of carbonyl (C=O) groups excluding carboxylic acids is 1. The smallest absolute Gasteiger partial charge is 0.338 e. The number of rotatable bonds is 7. The zero-order valence-corrected chi connectivity index (χ0v) is 16.9. The van der Waals surface area contributed by atoms with Crippen LogP contribution in [0.4, 0.5) is 5.95 Å². The molecule has 0 saturated heterocycles. The second kappa shape index (κ2) is 9.28. The standard InChI is InChI=1S/C16H18N4O6S2/c1-24-12-8-13(25-2)18-15(17-12)19-16(27)20-28(22,23)9-10-6-4-5-7-11(10)14(21)26-3/h4-8H,9H2,1-3H3,(H2,17,18,19,20,27). The van der Waals surface area contributed by atoms with Gasteiger partial charge in [-0.25, -0.2) is 13.2 Å². The zero-order chi connectivity index (χ0) is 20.7. The maximum absolute atomic E-state index is 12.4. The summed E-state index contributed by atoms with van der Waals surface area (Å²) in [5, 5.41) is 2.29. The van der Waals surface area contributed by atoms with E-state index in [0.717, 1.165) is 0 Å². The van der Waals surface area contributed by atoms with E-state index >= 15 is 0 Å². The zero-order valence-electron chi connectivity index (χ0n) is 15.3. The predicted octanol–water partition coefficient (Wildman–Crippen LogP) is 1.10. The molecule has 1 aromatic heterocycles. The maximum Gasteiger partial charge on any atom is 0.338 e. The molecule has 2 aromatic rings. The average molecular weight is 426 g/mol. The lowest BCUT2D eigenvalue weighted by atomic mass is 10.1. The summed E-state index contributed by atoms with van der Waals surface area (Å²) < 4.78 is 41.7. The van der Waals surface area contributed by atoms with Crippen LogP contribution in [0.25, 0.3) is 0 Å². The van der Waals surface area contributed by atoms with Crippen LogP contribution in [0, 0.1) is 0 Å². The van der Waals surface area contributed by atoms with Gasteiger partial charge in [-0.15, -0.1) is 0 Å². The Morgan fingerprint density at radius 1 is 1.11 bits per heavy atom. The highest BCUT2D eigenvalue weighted by molar-refractivity contribution is 7.91. The van der Waals surface area contributed by atoms with E-state index in [-0.39, 0.29) is 33.9 Å². The normalized spacial score (nSPS) is 10.7. The number of anilines is 1. The number of nitrogens with one attached hydrogen (secondary N) is 2. The van der Waals surface area contributed by atoms with Crippen molar-refractivity contribution in [3.63, 3.8) is 0 Å². The molecule has 0 atom stereocenters. The number of hydrogen-bond donors (Lipinski definition) is 2. The first-order valence-corrected chi connectivity index (χ1v) is 9.78. The van der Waals surface area contributed by atoms with Gasteiger partial charge in [0.05, 0.1) is 38.7 Å². The molecule has 0 unspecified atom stereocenters. The molecule has 2 rings (SSSR count). The van der Waals surface area contributed by atoms with E-state index in [1.807, 2.05) is 0 Å². The number of sulfonamides is 1. The Bertz CT molecular complexity index is 959. The van der Waals surface area contributed by atoms with E-state index in [1.165, 1.54) is 39.5 Å². The summed E-state index contributed by atoms with van der Waals surface area (Å²) in [4.78, 5) is 19.8. The van der Waals surface area contributed by atoms with Gasteiger partial charge < -0.3 is 19.5 Å². The van der Waals surface area contributed by atoms with Gasteiger partial charge >= 0.3 is 5.97 Å². The molecule has 2 N–H and O–H groups in total. The Hall–Kier alpha value is -2.99. The van der Waals surface area contributed by atoms with Crippen molar-refractivity contribution in [3.05, 3.63) is 41.5 Å². The fraction of sp³-hybridized carbons (Fsp3) is 0.250. The summed E-state index contributed by atoms with van der Waals surface area (Å²) >= 11 is 5.01. The number of aromatic nitrogens is 2. The van der Waals surface area contributed by atoms with Gasteiger partial charge in [-0.1, -0.05) is 18.2 Å². The van der Waals surface area contributed by atoms with E-state index in [1.54, 1.807) is 12.1 Å². The highest BCUT2D eigenvalue weighted by atomic mass is 32.2. The van der Waals surface area contributed by atoms with Crippen LogP contribution in [-0.4, -0.2) is 50.8 Å². The minimum atomic E-state index is -3.93. The maximum atomic E-state index is 12.4. The quantitative estimate of drug-likeness (QED) is 0.490. The van der Waals surface area contributed by atoms with Gasteiger partial charge in [-0.05, 0) is 23.8 Å². The van der Waals surface area contributed by atoms with Crippen molar-refractivity contribution in [2.45, 2.75) is 5.75 Å². The lowest BCUT2D eigenvalue weighted by Gasteiger charge is -2.12. The minimum absolute atomic E-state index is 0.0149. The second-order valence-electron chi connectivity index (χ2n) is 5.24. The SMILES string of the molecule is COC(=O)c1ccccc1CS(=O)(=O)NC(=S)Nc1nc(OC)cc(OC)n1. The van der Waals surface area contributed by atoms with E-state index < -0.39 is 21.7 Å². The number of hydrogen-bond acceptors (Lipinski definition) is 9. The molecule has 0 aliphatic heterocycles. The van der Waals surface area contributed by atoms with Crippen LogP contribution in [0.3, 0.4) is 0 Å². The number of nitrogens with zero attached hydrogens (tertiary/aromatic N) is 2. The third-order valence-electron chi connectivity index (χ3n) is 3.34. The first-order chi connectivity index (χ1) is 13.3. The Kier molecular flexibility index (Phi) is 7.06. The first kappa shape index (κ1) is 21.3. The van der Waals surface area contributed by atoms with Crippen LogP contribution in [0.5, 0.6) is 11.8 Å². The Morgan fingerprint density at radius 2 is 1.71 bits per heavy atom. The molecule has 1 aromatic carbocycles. The molecule has 0 aliphatic rings. The average Bonchev–Trinajstić information content (AvgIpc) is 2.66. The molecule has 0 fully saturated rings. The Labute approximate surface area is 167 Å². The van der Waals surface area contributed by atoms with Crippen LogP contribution < -0.4 is 19.5 Å². The Balaban J connectivity index is 2.13. The number of thiocarbonyl (C=S) groups is 1. The molecule has 28 heavy (non-hydrogen) atoms. The number of ether oxygens (including phenoxy) is 3. The van der Waals surface area contributed by atoms with Crippen molar-refractivity contribution in [2.24, 2.45) is 0 Å². The molecule has 0 amide bonds. The highest BCUT2D eigenvalue weighted by Crippen LogP contribution is 2.17. The van der Waals surface area contributed by atoms with E-state index in [2.05, 4.69) is 24.7 Å². The van der Waals surface area contributed by atoms with E-state index in [4.69, 9.17) is 21.7 Å². The summed E-state index contributed by atoms with van der Waals surface area (Å²) in [6.45, 7) is 0. The molecule has 1 heterocycles. The number of benzene rings is 1. The number of methoxy groups -OCH3 is 3. The van der Waals surface area contributed by atoms with Gasteiger partial charge in [0.15, 0.2) is 5.11 Å². The van der Waals surface area contributed by atoms with E-state index in [0.29, 0.717) is 0 Å². The van der Waals surface area contributed by atoms with E-state index in [9.17, 15) is 13.2 Å². The molecule has 0 aliphatic carbocycles. The molecule has 0 radical (unpaired) electrons. The van der Waals surface area contributed by atoms with Gasteiger partial charge in [-0.3, -0.25) is 4.72 Å². The molecule has 10 nitrogen and oxygen atoms in total. The minimum Gasteiger partial charge on any atom is -0.481 e.